The molecule has 1 amide bonds. The number of hydroxylamine groups is 2. The van der Waals surface area contributed by atoms with E-state index in [1.807, 2.05) is 0 Å². The molecule has 0 radical (unpaired) electrons. The van der Waals surface area contributed by atoms with Crippen molar-refractivity contribution in [2.24, 2.45) is 0 Å². The van der Waals surface area contributed by atoms with Crippen molar-refractivity contribution >= 4 is 23.6 Å². The number of nitrogens with zero attached hydrogens (tertiary/aromatic N) is 1. The Morgan fingerprint density at radius 2 is 2.17 bits per heavy atom. The summed E-state index contributed by atoms with van der Waals surface area (Å²) >= 11 is 1.28. The molecule has 1 atom stereocenters. The van der Waals surface area contributed by atoms with Crippen LogP contribution >= 0.6 is 11.8 Å². The molecule has 6 heteroatoms. The molecule has 1 fully saturated rings. The molecule has 2 rings (SSSR count). The number of carbonyl (C=O) groups excluding carboxylic acids is 2. The highest BCUT2D eigenvalue weighted by molar-refractivity contribution is 8.00. The van der Waals surface area contributed by atoms with E-state index < -0.39 is 17.3 Å². The van der Waals surface area contributed by atoms with E-state index in [0.717, 1.165) is 0 Å². The molecule has 1 aliphatic rings. The average Bonchev–Trinajstić information content (AvgIpc) is 2.71. The predicted molar refractivity (Wildman–Crippen MR) is 67.8 cm³/mol. The number of hydrogen-bond donors (Lipinski definition) is 0. The van der Waals surface area contributed by atoms with Gasteiger partial charge in [0.2, 0.25) is 5.91 Å². The standard InChI is InChI=1S/C12H12NO4S/c1-2-17-12(15)9-5-3-8(4-6-9)11-13(16)10(14)7-18-11/h3-6,11H,2,7H2,1H3/q-1. The van der Waals surface area contributed by atoms with Crippen LogP contribution in [0.15, 0.2) is 24.3 Å². The summed E-state index contributed by atoms with van der Waals surface area (Å²) in [6.07, 6.45) is 0. The van der Waals surface area contributed by atoms with Crippen molar-refractivity contribution in [3.05, 3.63) is 40.6 Å². The Morgan fingerprint density at radius 3 is 2.67 bits per heavy atom. The molecule has 96 valence electrons. The van der Waals surface area contributed by atoms with Crippen LogP contribution in [0, 0.1) is 5.21 Å². The Bertz CT molecular complexity index is 460. The lowest BCUT2D eigenvalue weighted by Gasteiger charge is -2.29. The van der Waals surface area contributed by atoms with Crippen LogP contribution in [0.1, 0.15) is 28.2 Å². The van der Waals surface area contributed by atoms with Crippen LogP contribution in [0.4, 0.5) is 0 Å². The molecule has 0 spiro atoms. The van der Waals surface area contributed by atoms with Crippen molar-refractivity contribution in [1.29, 1.82) is 0 Å². The van der Waals surface area contributed by atoms with Crippen LogP contribution in [-0.4, -0.2) is 29.3 Å². The van der Waals surface area contributed by atoms with Crippen LogP contribution in [0.5, 0.6) is 0 Å². The third-order valence-electron chi connectivity index (χ3n) is 2.53. The van der Waals surface area contributed by atoms with Crippen LogP contribution in [0.3, 0.4) is 0 Å². The van der Waals surface area contributed by atoms with E-state index in [4.69, 9.17) is 4.74 Å². The number of hydrogen-bond acceptors (Lipinski definition) is 5. The normalized spacial score (nSPS) is 19.1. The number of esters is 1. The molecular weight excluding hydrogens is 254 g/mol. The zero-order chi connectivity index (χ0) is 13.1. The number of benzene rings is 1. The summed E-state index contributed by atoms with van der Waals surface area (Å²) in [7, 11) is 0. The largest absolute Gasteiger partial charge is 0.755 e. The van der Waals surface area contributed by atoms with Crippen molar-refractivity contribution in [3.63, 3.8) is 0 Å². The van der Waals surface area contributed by atoms with E-state index in [2.05, 4.69) is 0 Å². The highest BCUT2D eigenvalue weighted by Crippen LogP contribution is 2.37. The quantitative estimate of drug-likeness (QED) is 0.782. The van der Waals surface area contributed by atoms with Gasteiger partial charge in [-0.15, -0.1) is 11.8 Å². The first-order valence-electron chi connectivity index (χ1n) is 5.51. The molecule has 0 N–H and O–H groups in total. The topological polar surface area (TPSA) is 69.7 Å². The fourth-order valence-electron chi connectivity index (χ4n) is 1.64. The van der Waals surface area contributed by atoms with Crippen molar-refractivity contribution in [3.8, 4) is 0 Å². The molecular formula is C12H12NO4S-. The Hall–Kier alpha value is -1.53. The third-order valence-corrected chi connectivity index (χ3v) is 3.72. The van der Waals surface area contributed by atoms with Gasteiger partial charge in [-0.3, -0.25) is 4.79 Å². The molecule has 18 heavy (non-hydrogen) atoms. The fraction of sp³-hybridized carbons (Fsp3) is 0.333. The molecule has 0 aliphatic carbocycles. The maximum absolute atomic E-state index is 11.5. The Balaban J connectivity index is 2.13. The van der Waals surface area contributed by atoms with Crippen LogP contribution in [-0.2, 0) is 9.53 Å². The molecule has 1 heterocycles. The van der Waals surface area contributed by atoms with E-state index in [-0.39, 0.29) is 5.75 Å². The Morgan fingerprint density at radius 1 is 1.50 bits per heavy atom. The summed E-state index contributed by atoms with van der Waals surface area (Å²) in [6, 6.07) is 6.55. The summed E-state index contributed by atoms with van der Waals surface area (Å²) in [5.74, 6) is -0.606. The van der Waals surface area contributed by atoms with Gasteiger partial charge >= 0.3 is 5.97 Å². The van der Waals surface area contributed by atoms with Crippen LogP contribution < -0.4 is 0 Å². The number of amides is 1. The molecule has 1 aromatic carbocycles. The van der Waals surface area contributed by atoms with E-state index in [1.165, 1.54) is 11.8 Å². The monoisotopic (exact) mass is 266 g/mol. The molecule has 1 unspecified atom stereocenters. The zero-order valence-corrected chi connectivity index (χ0v) is 10.6. The molecule has 0 aromatic heterocycles. The highest BCUT2D eigenvalue weighted by atomic mass is 32.2. The Labute approximate surface area is 109 Å². The number of carbonyl (C=O) groups is 2. The van der Waals surface area contributed by atoms with Gasteiger partial charge in [-0.2, -0.15) is 0 Å². The van der Waals surface area contributed by atoms with Crippen LogP contribution in [0.2, 0.25) is 0 Å². The number of thioether (sulfide) groups is 1. The lowest BCUT2D eigenvalue weighted by atomic mass is 10.1. The number of ether oxygens (including phenoxy) is 1. The van der Waals surface area contributed by atoms with Crippen molar-refractivity contribution in [1.82, 2.24) is 5.06 Å². The molecule has 1 aliphatic heterocycles. The minimum Gasteiger partial charge on any atom is -0.755 e. The van der Waals surface area contributed by atoms with Gasteiger partial charge in [-0.25, -0.2) is 4.79 Å². The molecule has 0 bridgehead atoms. The lowest BCUT2D eigenvalue weighted by Crippen LogP contribution is -2.21. The second kappa shape index (κ2) is 5.41. The van der Waals surface area contributed by atoms with E-state index in [0.29, 0.717) is 22.8 Å². The number of rotatable bonds is 3. The smallest absolute Gasteiger partial charge is 0.338 e. The van der Waals surface area contributed by atoms with E-state index >= 15 is 0 Å². The van der Waals surface area contributed by atoms with Gasteiger partial charge in [0, 0.05) is 0 Å². The summed E-state index contributed by atoms with van der Waals surface area (Å²) in [5, 5.41) is 11.5. The predicted octanol–water partition coefficient (Wildman–Crippen LogP) is 1.94. The molecule has 0 saturated carbocycles. The zero-order valence-electron chi connectivity index (χ0n) is 9.79. The maximum atomic E-state index is 11.5. The lowest BCUT2D eigenvalue weighted by molar-refractivity contribution is -0.125. The summed E-state index contributed by atoms with van der Waals surface area (Å²) in [4.78, 5) is 22.6. The molecule has 1 aromatic rings. The summed E-state index contributed by atoms with van der Waals surface area (Å²) in [6.45, 7) is 2.06. The first-order valence-corrected chi connectivity index (χ1v) is 6.56. The first-order chi connectivity index (χ1) is 8.63. The van der Waals surface area contributed by atoms with Gasteiger partial charge in [0.1, 0.15) is 0 Å². The van der Waals surface area contributed by atoms with E-state index in [9.17, 15) is 14.8 Å². The van der Waals surface area contributed by atoms with Crippen molar-refractivity contribution in [2.45, 2.75) is 12.3 Å². The summed E-state index contributed by atoms with van der Waals surface area (Å²) < 4.78 is 4.86. The van der Waals surface area contributed by atoms with Gasteiger partial charge in [0.05, 0.1) is 23.3 Å². The SMILES string of the molecule is CCOC(=O)c1ccc(C2SCC(=O)N2[O-])cc1. The third kappa shape index (κ3) is 2.49. The average molecular weight is 266 g/mol. The molecule has 1 saturated heterocycles. The maximum Gasteiger partial charge on any atom is 0.338 e. The minimum absolute atomic E-state index is 0.202. The second-order valence-electron chi connectivity index (χ2n) is 3.73. The first kappa shape index (κ1) is 12.9. The van der Waals surface area contributed by atoms with Gasteiger partial charge in [0.25, 0.3) is 0 Å². The van der Waals surface area contributed by atoms with Crippen molar-refractivity contribution in [2.75, 3.05) is 12.4 Å². The van der Waals surface area contributed by atoms with Gasteiger partial charge < -0.3 is 15.0 Å². The van der Waals surface area contributed by atoms with Gasteiger partial charge in [0.15, 0.2) is 0 Å². The highest BCUT2D eigenvalue weighted by Gasteiger charge is 2.26. The van der Waals surface area contributed by atoms with Gasteiger partial charge in [-0.1, -0.05) is 12.1 Å². The Kier molecular flexibility index (Phi) is 3.88. The second-order valence-corrected chi connectivity index (χ2v) is 4.79. The van der Waals surface area contributed by atoms with E-state index in [1.54, 1.807) is 31.2 Å². The molecule has 5 nitrogen and oxygen atoms in total. The summed E-state index contributed by atoms with van der Waals surface area (Å²) in [5.41, 5.74) is 1.15. The van der Waals surface area contributed by atoms with Crippen LogP contribution in [0.25, 0.3) is 0 Å². The fourth-order valence-corrected chi connectivity index (χ4v) is 2.67. The minimum atomic E-state index is -0.506. The van der Waals surface area contributed by atoms with Crippen molar-refractivity contribution < 1.29 is 14.3 Å². The van der Waals surface area contributed by atoms with Gasteiger partial charge in [-0.05, 0) is 24.6 Å².